The summed E-state index contributed by atoms with van der Waals surface area (Å²) in [5, 5.41) is 0. The van der Waals surface area contributed by atoms with E-state index in [4.69, 9.17) is 0 Å². The van der Waals surface area contributed by atoms with E-state index in [9.17, 15) is 0 Å². The molecule has 0 amide bonds. The number of fused-ring (bicyclic) bond motifs is 3. The number of allylic oxidation sites excluding steroid dienone is 4. The molecule has 0 bridgehead atoms. The van der Waals surface area contributed by atoms with Gasteiger partial charge in [0.2, 0.25) is 0 Å². The maximum absolute atomic E-state index is 2.66. The molecule has 2 aromatic carbocycles. The zero-order valence-corrected chi connectivity index (χ0v) is 21.5. The first-order chi connectivity index (χ1) is 14.4. The molecular formula is C29H34Zr. The minimum absolute atomic E-state index is 0.246. The van der Waals surface area contributed by atoms with Gasteiger partial charge in [0.15, 0.2) is 0 Å². The summed E-state index contributed by atoms with van der Waals surface area (Å²) in [7, 11) is 0. The molecule has 1 fully saturated rings. The molecule has 3 aliphatic rings. The van der Waals surface area contributed by atoms with Crippen LogP contribution in [0, 0.1) is 11.3 Å². The van der Waals surface area contributed by atoms with E-state index in [0.29, 0.717) is 5.92 Å². The molecule has 0 aliphatic heterocycles. The van der Waals surface area contributed by atoms with Crippen LogP contribution < -0.4 is 3.27 Å². The summed E-state index contributed by atoms with van der Waals surface area (Å²) in [6.07, 6.45) is 13.4. The fraction of sp³-hybridized carbons (Fsp3) is 0.414. The first kappa shape index (κ1) is 20.6. The molecule has 0 saturated heterocycles. The van der Waals surface area contributed by atoms with Gasteiger partial charge in [-0.25, -0.2) is 0 Å². The van der Waals surface area contributed by atoms with Crippen molar-refractivity contribution in [2.75, 3.05) is 0 Å². The van der Waals surface area contributed by atoms with Crippen molar-refractivity contribution in [1.82, 2.24) is 0 Å². The van der Waals surface area contributed by atoms with Crippen molar-refractivity contribution < 1.29 is 21.3 Å². The summed E-state index contributed by atoms with van der Waals surface area (Å²) in [5.41, 5.74) is 8.01. The van der Waals surface area contributed by atoms with Crippen molar-refractivity contribution in [3.05, 3.63) is 74.6 Å². The molecule has 0 nitrogen and oxygen atoms in total. The van der Waals surface area contributed by atoms with Gasteiger partial charge < -0.3 is 0 Å². The zero-order valence-electron chi connectivity index (χ0n) is 19.0. The van der Waals surface area contributed by atoms with Crippen molar-refractivity contribution in [3.63, 3.8) is 0 Å². The van der Waals surface area contributed by atoms with Crippen LogP contribution in [-0.2, 0) is 27.7 Å². The monoisotopic (exact) mass is 472 g/mol. The average molecular weight is 474 g/mol. The van der Waals surface area contributed by atoms with E-state index in [2.05, 4.69) is 82.3 Å². The molecule has 0 spiro atoms. The van der Waals surface area contributed by atoms with E-state index in [-0.39, 0.29) is 5.41 Å². The van der Waals surface area contributed by atoms with E-state index in [1.807, 2.05) is 6.49 Å². The summed E-state index contributed by atoms with van der Waals surface area (Å²) in [4.78, 5) is 0. The van der Waals surface area contributed by atoms with Crippen LogP contribution in [0.15, 0.2) is 63.5 Å². The summed E-state index contributed by atoms with van der Waals surface area (Å²) in [6, 6.07) is 16.4. The average Bonchev–Trinajstić information content (AvgIpc) is 3.31. The molecule has 1 saturated carbocycles. The van der Waals surface area contributed by atoms with E-state index in [1.54, 1.807) is 14.4 Å². The summed E-state index contributed by atoms with van der Waals surface area (Å²) in [5.74, 6) is 0.614. The summed E-state index contributed by atoms with van der Waals surface area (Å²) in [6.45, 7) is 9.59. The predicted molar refractivity (Wildman–Crippen MR) is 127 cm³/mol. The Morgan fingerprint density at radius 3 is 2.33 bits per heavy atom. The Bertz CT molecular complexity index is 1080. The summed E-state index contributed by atoms with van der Waals surface area (Å²) < 4.78 is 5.60. The van der Waals surface area contributed by atoms with Crippen LogP contribution >= 0.6 is 0 Å². The van der Waals surface area contributed by atoms with E-state index in [0.717, 1.165) is 6.42 Å². The van der Waals surface area contributed by atoms with Gasteiger partial charge in [0.05, 0.1) is 0 Å². The third kappa shape index (κ3) is 3.62. The van der Waals surface area contributed by atoms with Gasteiger partial charge >= 0.3 is 191 Å². The Hall–Kier alpha value is -1.33. The topological polar surface area (TPSA) is 0 Å². The van der Waals surface area contributed by atoms with Gasteiger partial charge in [0.25, 0.3) is 0 Å². The Balaban J connectivity index is 1.68. The van der Waals surface area contributed by atoms with Crippen LogP contribution in [-0.4, -0.2) is 3.21 Å². The van der Waals surface area contributed by atoms with Crippen LogP contribution in [0.1, 0.15) is 70.9 Å². The van der Waals surface area contributed by atoms with Crippen molar-refractivity contribution in [2.45, 2.75) is 66.2 Å². The number of benzene rings is 2. The molecule has 5 rings (SSSR count). The third-order valence-electron chi connectivity index (χ3n) is 7.32. The molecule has 1 unspecified atom stereocenters. The number of hydrogen-bond acceptors (Lipinski definition) is 0. The number of hydrogen-bond donors (Lipinski definition) is 0. The second kappa shape index (κ2) is 7.98. The van der Waals surface area contributed by atoms with E-state index < -0.39 is 21.3 Å². The Morgan fingerprint density at radius 2 is 1.60 bits per heavy atom. The van der Waals surface area contributed by atoms with Crippen LogP contribution in [0.25, 0.3) is 11.1 Å². The molecule has 2 aromatic rings. The van der Waals surface area contributed by atoms with Crippen molar-refractivity contribution >= 4 is 6.48 Å². The predicted octanol–water partition coefficient (Wildman–Crippen LogP) is 7.14. The van der Waals surface area contributed by atoms with Crippen LogP contribution in [0.5, 0.6) is 0 Å². The molecular weight excluding hydrogens is 440 g/mol. The SMILES string of the molecule is CC1C=C(C(C)(C)C)C=[C]1[Zr](=[C]1CCCCC1)[c]1cccc2c1Cc1ccccc1-2. The Kier molecular flexibility index (Phi) is 5.47. The van der Waals surface area contributed by atoms with Crippen LogP contribution in [0.2, 0.25) is 0 Å². The van der Waals surface area contributed by atoms with Crippen molar-refractivity contribution in [3.8, 4) is 11.1 Å². The molecule has 1 atom stereocenters. The first-order valence-corrected chi connectivity index (χ1v) is 15.5. The minimum atomic E-state index is -2.11. The molecule has 0 heterocycles. The standard InChI is InChI=1S/C13H9.C10H15.C6H10.Zr/c1-3-7-12-10(5-1)9-11-6-2-4-8-13(11)12;1-8-5-6-9(7-8)10(2,3)4;1-2-4-6-5-3-1;/h1-5,7-8H,9H2;6-8H,1-4H3;1-5H2;. The van der Waals surface area contributed by atoms with E-state index >= 15 is 0 Å². The molecule has 1 heteroatoms. The first-order valence-electron chi connectivity index (χ1n) is 11.8. The molecule has 154 valence electrons. The van der Waals surface area contributed by atoms with Gasteiger partial charge in [-0.2, -0.15) is 0 Å². The quantitative estimate of drug-likeness (QED) is 0.371. The molecule has 0 N–H and O–H groups in total. The van der Waals surface area contributed by atoms with Gasteiger partial charge in [-0.05, 0) is 0 Å². The van der Waals surface area contributed by atoms with Gasteiger partial charge in [0, 0.05) is 0 Å². The Labute approximate surface area is 190 Å². The second-order valence-electron chi connectivity index (χ2n) is 10.5. The molecule has 0 radical (unpaired) electrons. The number of rotatable bonds is 2. The maximum atomic E-state index is 2.66. The molecule has 0 aromatic heterocycles. The second-order valence-corrected chi connectivity index (χ2v) is 16.8. The third-order valence-corrected chi connectivity index (χ3v) is 15.7. The summed E-state index contributed by atoms with van der Waals surface area (Å²) >= 11 is -2.11. The Morgan fingerprint density at radius 1 is 0.867 bits per heavy atom. The van der Waals surface area contributed by atoms with Crippen molar-refractivity contribution in [2.24, 2.45) is 11.3 Å². The van der Waals surface area contributed by atoms with Crippen molar-refractivity contribution in [1.29, 1.82) is 0 Å². The molecule has 30 heavy (non-hydrogen) atoms. The van der Waals surface area contributed by atoms with Crippen LogP contribution in [0.3, 0.4) is 0 Å². The molecule has 3 aliphatic carbocycles. The van der Waals surface area contributed by atoms with Gasteiger partial charge in [-0.1, -0.05) is 0 Å². The normalized spacial score (nSPS) is 20.5. The van der Waals surface area contributed by atoms with Crippen LogP contribution in [0.4, 0.5) is 0 Å². The zero-order chi connectivity index (χ0) is 20.9. The fourth-order valence-corrected chi connectivity index (χ4v) is 14.4. The van der Waals surface area contributed by atoms with Gasteiger partial charge in [-0.15, -0.1) is 0 Å². The van der Waals surface area contributed by atoms with Gasteiger partial charge in [-0.3, -0.25) is 0 Å². The van der Waals surface area contributed by atoms with E-state index in [1.165, 1.54) is 48.8 Å². The fourth-order valence-electron chi connectivity index (χ4n) is 5.64. The van der Waals surface area contributed by atoms with Gasteiger partial charge in [0.1, 0.15) is 0 Å².